The summed E-state index contributed by atoms with van der Waals surface area (Å²) in [6.07, 6.45) is 5.36. The Hall–Kier alpha value is -0.810. The summed E-state index contributed by atoms with van der Waals surface area (Å²) >= 11 is 3.34. The Morgan fingerprint density at radius 2 is 2.08 bits per heavy atom. The van der Waals surface area contributed by atoms with E-state index in [4.69, 9.17) is 6.42 Å². The largest absolute Gasteiger partial charge is 0.207 e. The molecule has 68 valence electrons. The fraction of sp³-hybridized carbons (Fsp3) is 0.273. The van der Waals surface area contributed by atoms with E-state index in [1.165, 1.54) is 12.1 Å². The summed E-state index contributed by atoms with van der Waals surface area (Å²) in [5.74, 6) is 2.37. The van der Waals surface area contributed by atoms with Gasteiger partial charge in [-0.25, -0.2) is 4.39 Å². The van der Waals surface area contributed by atoms with Crippen LogP contribution < -0.4 is 0 Å². The maximum Gasteiger partial charge on any atom is 0.123 e. The van der Waals surface area contributed by atoms with Gasteiger partial charge in [-0.15, -0.1) is 6.42 Å². The van der Waals surface area contributed by atoms with Gasteiger partial charge in [-0.05, 0) is 37.6 Å². The summed E-state index contributed by atoms with van der Waals surface area (Å²) < 4.78 is 13.8. The summed E-state index contributed by atoms with van der Waals surface area (Å²) in [5, 5.41) is 0. The van der Waals surface area contributed by atoms with Crippen LogP contribution in [0.5, 0.6) is 0 Å². The van der Waals surface area contributed by atoms with Crippen molar-refractivity contribution in [1.29, 1.82) is 0 Å². The minimum atomic E-state index is -0.444. The van der Waals surface area contributed by atoms with Crippen molar-refractivity contribution in [3.05, 3.63) is 34.1 Å². The Labute approximate surface area is 86.3 Å². The number of hydrogen-bond donors (Lipinski definition) is 0. The van der Waals surface area contributed by atoms with Crippen LogP contribution in [0.4, 0.5) is 4.39 Å². The fourth-order valence-electron chi connectivity index (χ4n) is 1.05. The molecule has 0 aliphatic rings. The van der Waals surface area contributed by atoms with Gasteiger partial charge in [-0.3, -0.25) is 0 Å². The van der Waals surface area contributed by atoms with Crippen LogP contribution in [-0.4, -0.2) is 0 Å². The van der Waals surface area contributed by atoms with Crippen LogP contribution in [0, 0.1) is 18.2 Å². The summed E-state index contributed by atoms with van der Waals surface area (Å²) in [4.78, 5) is 0. The fourth-order valence-corrected chi connectivity index (χ4v) is 1.80. The van der Waals surface area contributed by atoms with E-state index >= 15 is 0 Å². The summed E-state index contributed by atoms with van der Waals surface area (Å²) in [6, 6.07) is 4.54. The number of benzene rings is 1. The first-order valence-corrected chi connectivity index (χ1v) is 4.70. The molecule has 0 nitrogen and oxygen atoms in total. The van der Waals surface area contributed by atoms with Gasteiger partial charge in [0, 0.05) is 4.47 Å². The van der Waals surface area contributed by atoms with E-state index in [-0.39, 0.29) is 5.82 Å². The molecule has 0 saturated heterocycles. The van der Waals surface area contributed by atoms with Crippen molar-refractivity contribution in [2.45, 2.75) is 19.3 Å². The third-order valence-corrected chi connectivity index (χ3v) is 2.65. The van der Waals surface area contributed by atoms with E-state index in [0.29, 0.717) is 0 Å². The third-order valence-electron chi connectivity index (χ3n) is 1.96. The van der Waals surface area contributed by atoms with Crippen molar-refractivity contribution in [2.24, 2.45) is 0 Å². The Balaban J connectivity index is 3.30. The van der Waals surface area contributed by atoms with Crippen LogP contribution in [0.15, 0.2) is 22.7 Å². The van der Waals surface area contributed by atoms with Gasteiger partial charge in [0.1, 0.15) is 5.82 Å². The summed E-state index contributed by atoms with van der Waals surface area (Å²) in [6.45, 7) is 3.76. The molecule has 0 unspecified atom stereocenters. The average molecular weight is 241 g/mol. The van der Waals surface area contributed by atoms with Gasteiger partial charge in [0.2, 0.25) is 0 Å². The highest BCUT2D eigenvalue weighted by atomic mass is 79.9. The zero-order chi connectivity index (χ0) is 10.1. The highest BCUT2D eigenvalue weighted by molar-refractivity contribution is 9.10. The van der Waals surface area contributed by atoms with Crippen molar-refractivity contribution < 1.29 is 4.39 Å². The van der Waals surface area contributed by atoms with E-state index in [2.05, 4.69) is 21.9 Å². The first-order valence-electron chi connectivity index (χ1n) is 3.90. The molecule has 1 aromatic carbocycles. The highest BCUT2D eigenvalue weighted by Crippen LogP contribution is 2.29. The van der Waals surface area contributed by atoms with Gasteiger partial charge in [0.15, 0.2) is 0 Å². The number of rotatable bonds is 1. The van der Waals surface area contributed by atoms with Crippen molar-refractivity contribution >= 4 is 15.9 Å². The molecule has 0 fully saturated rings. The topological polar surface area (TPSA) is 0 Å². The van der Waals surface area contributed by atoms with E-state index in [9.17, 15) is 4.39 Å². The third kappa shape index (κ3) is 2.10. The minimum absolute atomic E-state index is 0.262. The predicted octanol–water partition coefficient (Wildman–Crippen LogP) is 3.50. The van der Waals surface area contributed by atoms with Crippen LogP contribution >= 0.6 is 15.9 Å². The Morgan fingerprint density at radius 1 is 1.46 bits per heavy atom. The maximum atomic E-state index is 12.9. The summed E-state index contributed by atoms with van der Waals surface area (Å²) in [7, 11) is 0. The molecular weight excluding hydrogens is 231 g/mol. The Morgan fingerprint density at radius 3 is 2.62 bits per heavy atom. The molecule has 0 aromatic heterocycles. The van der Waals surface area contributed by atoms with E-state index in [1.807, 2.05) is 13.8 Å². The first-order chi connectivity index (χ1) is 5.97. The molecule has 0 amide bonds. The second-order valence-corrected chi connectivity index (χ2v) is 4.25. The van der Waals surface area contributed by atoms with Crippen LogP contribution in [0.25, 0.3) is 0 Å². The molecule has 0 bridgehead atoms. The zero-order valence-electron chi connectivity index (χ0n) is 7.57. The number of hydrogen-bond acceptors (Lipinski definition) is 0. The molecule has 0 aliphatic heterocycles. The molecule has 1 rings (SSSR count). The standard InChI is InChI=1S/C11H10BrF/c1-4-11(2,3)9-7-8(13)5-6-10(9)12/h1,5-7H,2-3H3. The first kappa shape index (κ1) is 10.3. The van der Waals surface area contributed by atoms with Crippen molar-refractivity contribution in [2.75, 3.05) is 0 Å². The van der Waals surface area contributed by atoms with Crippen LogP contribution in [-0.2, 0) is 5.41 Å². The highest BCUT2D eigenvalue weighted by Gasteiger charge is 2.20. The number of terminal acetylenes is 1. The molecule has 0 aliphatic carbocycles. The van der Waals surface area contributed by atoms with Gasteiger partial charge in [0.05, 0.1) is 5.41 Å². The molecular formula is C11H10BrF. The van der Waals surface area contributed by atoms with Crippen LogP contribution in [0.1, 0.15) is 19.4 Å². The lowest BCUT2D eigenvalue weighted by Gasteiger charge is -2.19. The lowest BCUT2D eigenvalue weighted by atomic mass is 9.86. The quantitative estimate of drug-likeness (QED) is 0.660. The van der Waals surface area contributed by atoms with E-state index in [1.54, 1.807) is 6.07 Å². The molecule has 0 radical (unpaired) electrons. The van der Waals surface area contributed by atoms with Crippen LogP contribution in [0.3, 0.4) is 0 Å². The molecule has 0 heterocycles. The van der Waals surface area contributed by atoms with Gasteiger partial charge < -0.3 is 0 Å². The Bertz CT molecular complexity index is 361. The summed E-state index contributed by atoms with van der Waals surface area (Å²) in [5.41, 5.74) is 0.357. The second kappa shape index (κ2) is 3.51. The second-order valence-electron chi connectivity index (χ2n) is 3.39. The SMILES string of the molecule is C#CC(C)(C)c1cc(F)ccc1Br. The molecule has 0 spiro atoms. The molecule has 13 heavy (non-hydrogen) atoms. The molecule has 2 heteroatoms. The zero-order valence-corrected chi connectivity index (χ0v) is 9.15. The van der Waals surface area contributed by atoms with Crippen molar-refractivity contribution in [1.82, 2.24) is 0 Å². The lowest BCUT2D eigenvalue weighted by Crippen LogP contribution is -2.14. The van der Waals surface area contributed by atoms with Gasteiger partial charge >= 0.3 is 0 Å². The normalized spacial score (nSPS) is 11.0. The average Bonchev–Trinajstić information content (AvgIpc) is 2.09. The van der Waals surface area contributed by atoms with Gasteiger partial charge in [0.25, 0.3) is 0 Å². The molecule has 1 aromatic rings. The number of halogens is 2. The monoisotopic (exact) mass is 240 g/mol. The molecule has 0 N–H and O–H groups in total. The molecule has 0 atom stereocenters. The van der Waals surface area contributed by atoms with Crippen molar-refractivity contribution in [3.8, 4) is 12.3 Å². The van der Waals surface area contributed by atoms with E-state index < -0.39 is 5.41 Å². The van der Waals surface area contributed by atoms with Crippen molar-refractivity contribution in [3.63, 3.8) is 0 Å². The van der Waals surface area contributed by atoms with Gasteiger partial charge in [-0.1, -0.05) is 21.9 Å². The van der Waals surface area contributed by atoms with Crippen LogP contribution in [0.2, 0.25) is 0 Å². The Kier molecular flexibility index (Phi) is 2.77. The van der Waals surface area contributed by atoms with Gasteiger partial charge in [-0.2, -0.15) is 0 Å². The van der Waals surface area contributed by atoms with E-state index in [0.717, 1.165) is 10.0 Å². The maximum absolute atomic E-state index is 12.9. The predicted molar refractivity (Wildman–Crippen MR) is 56.0 cm³/mol. The lowest BCUT2D eigenvalue weighted by molar-refractivity contribution is 0.613. The smallest absolute Gasteiger partial charge is 0.123 e. The minimum Gasteiger partial charge on any atom is -0.207 e. The molecule has 0 saturated carbocycles.